The van der Waals surface area contributed by atoms with Crippen LogP contribution in [0, 0.1) is 22.7 Å². The topological polar surface area (TPSA) is 17.1 Å². The molecular weight excluding hydrogens is 172 g/mol. The van der Waals surface area contributed by atoms with E-state index in [9.17, 15) is 4.79 Å². The van der Waals surface area contributed by atoms with Crippen LogP contribution in [0.1, 0.15) is 52.4 Å². The summed E-state index contributed by atoms with van der Waals surface area (Å²) in [6.45, 7) is 4.72. The maximum absolute atomic E-state index is 12.2. The molecule has 14 heavy (non-hydrogen) atoms. The molecule has 0 aromatic rings. The Morgan fingerprint density at radius 1 is 1.21 bits per heavy atom. The van der Waals surface area contributed by atoms with E-state index in [4.69, 9.17) is 0 Å². The first kappa shape index (κ1) is 8.94. The molecule has 3 saturated carbocycles. The minimum Gasteiger partial charge on any atom is -0.299 e. The molecule has 3 fully saturated rings. The summed E-state index contributed by atoms with van der Waals surface area (Å²) < 4.78 is 0. The second kappa shape index (κ2) is 2.43. The van der Waals surface area contributed by atoms with Crippen LogP contribution in [-0.2, 0) is 4.79 Å². The first-order valence-corrected chi connectivity index (χ1v) is 6.12. The van der Waals surface area contributed by atoms with Gasteiger partial charge in [-0.2, -0.15) is 0 Å². The fourth-order valence-electron chi connectivity index (χ4n) is 4.98. The minimum atomic E-state index is 0.121. The van der Waals surface area contributed by atoms with Gasteiger partial charge >= 0.3 is 0 Å². The second-order valence-electron chi connectivity index (χ2n) is 6.18. The summed E-state index contributed by atoms with van der Waals surface area (Å²) in [5, 5.41) is 0. The average Bonchev–Trinajstić information content (AvgIpc) is 2.72. The van der Waals surface area contributed by atoms with Crippen molar-refractivity contribution < 1.29 is 4.79 Å². The van der Waals surface area contributed by atoms with Crippen molar-refractivity contribution in [2.75, 3.05) is 0 Å². The minimum absolute atomic E-state index is 0.121. The smallest absolute Gasteiger partial charge is 0.139 e. The maximum atomic E-state index is 12.2. The van der Waals surface area contributed by atoms with E-state index in [1.54, 1.807) is 0 Å². The van der Waals surface area contributed by atoms with Gasteiger partial charge in [0.2, 0.25) is 0 Å². The molecule has 1 heteroatoms. The summed E-state index contributed by atoms with van der Waals surface area (Å²) >= 11 is 0. The molecule has 1 nitrogen and oxygen atoms in total. The van der Waals surface area contributed by atoms with E-state index in [1.807, 2.05) is 0 Å². The van der Waals surface area contributed by atoms with Crippen LogP contribution >= 0.6 is 0 Å². The second-order valence-corrected chi connectivity index (χ2v) is 6.18. The first-order valence-electron chi connectivity index (χ1n) is 6.12. The van der Waals surface area contributed by atoms with Crippen LogP contribution in [0.3, 0.4) is 0 Å². The van der Waals surface area contributed by atoms with E-state index >= 15 is 0 Å². The zero-order valence-electron chi connectivity index (χ0n) is 9.31. The largest absolute Gasteiger partial charge is 0.299 e. The zero-order valence-corrected chi connectivity index (χ0v) is 9.31. The van der Waals surface area contributed by atoms with Crippen LogP contribution in [0.4, 0.5) is 0 Å². The summed E-state index contributed by atoms with van der Waals surface area (Å²) in [6.07, 6.45) is 7.28. The Kier molecular flexibility index (Phi) is 1.55. The number of hydrogen-bond acceptors (Lipinski definition) is 1. The standard InChI is InChI=1S/C13H20O/c1-12(2)9-5-6-10(8-9)13(12)7-3-4-11(13)14/h9-10H,3-8H2,1-2H3/t9-,10+,13-/m0/s1. The molecular formula is C13H20O. The lowest BCUT2D eigenvalue weighted by Crippen LogP contribution is -2.45. The van der Waals surface area contributed by atoms with Gasteiger partial charge in [-0.15, -0.1) is 0 Å². The fourth-order valence-corrected chi connectivity index (χ4v) is 4.98. The molecule has 3 aliphatic rings. The van der Waals surface area contributed by atoms with E-state index < -0.39 is 0 Å². The van der Waals surface area contributed by atoms with E-state index in [0.29, 0.717) is 11.2 Å². The van der Waals surface area contributed by atoms with Crippen LogP contribution in [-0.4, -0.2) is 5.78 Å². The molecule has 2 bridgehead atoms. The Morgan fingerprint density at radius 3 is 2.43 bits per heavy atom. The molecule has 0 unspecified atom stereocenters. The number of Topliss-reactive ketones (excluding diaryl/α,β-unsaturated/α-hetero) is 1. The van der Waals surface area contributed by atoms with Crippen molar-refractivity contribution in [3.8, 4) is 0 Å². The van der Waals surface area contributed by atoms with Crippen LogP contribution in [0.2, 0.25) is 0 Å². The Bertz CT molecular complexity index is 292. The molecule has 0 radical (unpaired) electrons. The highest BCUT2D eigenvalue weighted by atomic mass is 16.1. The zero-order chi connectivity index (χ0) is 9.97. The van der Waals surface area contributed by atoms with E-state index in [2.05, 4.69) is 13.8 Å². The Balaban J connectivity index is 2.10. The van der Waals surface area contributed by atoms with Gasteiger partial charge in [0.15, 0.2) is 0 Å². The highest BCUT2D eigenvalue weighted by Crippen LogP contribution is 2.70. The quantitative estimate of drug-likeness (QED) is 0.576. The van der Waals surface area contributed by atoms with Gasteiger partial charge in [0.1, 0.15) is 5.78 Å². The van der Waals surface area contributed by atoms with Gasteiger partial charge in [-0.25, -0.2) is 0 Å². The highest BCUT2D eigenvalue weighted by molar-refractivity contribution is 5.88. The van der Waals surface area contributed by atoms with Crippen molar-refractivity contribution in [2.24, 2.45) is 22.7 Å². The Morgan fingerprint density at radius 2 is 1.93 bits per heavy atom. The van der Waals surface area contributed by atoms with Crippen molar-refractivity contribution in [2.45, 2.75) is 52.4 Å². The highest BCUT2D eigenvalue weighted by Gasteiger charge is 2.66. The van der Waals surface area contributed by atoms with Crippen LogP contribution in [0.5, 0.6) is 0 Å². The number of hydrogen-bond donors (Lipinski definition) is 0. The van der Waals surface area contributed by atoms with Gasteiger partial charge in [0, 0.05) is 11.8 Å². The third-order valence-electron chi connectivity index (χ3n) is 5.77. The molecule has 1 spiro atoms. The van der Waals surface area contributed by atoms with Crippen molar-refractivity contribution in [1.82, 2.24) is 0 Å². The van der Waals surface area contributed by atoms with Gasteiger partial charge in [-0.3, -0.25) is 4.79 Å². The van der Waals surface area contributed by atoms with Crippen molar-refractivity contribution in [1.29, 1.82) is 0 Å². The Labute approximate surface area is 86.3 Å². The number of rotatable bonds is 0. The van der Waals surface area contributed by atoms with E-state index in [1.165, 1.54) is 25.7 Å². The van der Waals surface area contributed by atoms with Crippen molar-refractivity contribution in [3.05, 3.63) is 0 Å². The number of fused-ring (bicyclic) bond motifs is 3. The molecule has 0 saturated heterocycles. The molecule has 78 valence electrons. The van der Waals surface area contributed by atoms with Gasteiger partial charge < -0.3 is 0 Å². The molecule has 0 N–H and O–H groups in total. The predicted octanol–water partition coefficient (Wildman–Crippen LogP) is 3.18. The van der Waals surface area contributed by atoms with Gasteiger partial charge in [0.25, 0.3) is 0 Å². The van der Waals surface area contributed by atoms with Gasteiger partial charge in [0.05, 0.1) is 0 Å². The predicted molar refractivity (Wildman–Crippen MR) is 55.9 cm³/mol. The third kappa shape index (κ3) is 0.730. The number of ketones is 1. The molecule has 0 aromatic carbocycles. The molecule has 3 aliphatic carbocycles. The average molecular weight is 192 g/mol. The van der Waals surface area contributed by atoms with Gasteiger partial charge in [-0.05, 0) is 49.4 Å². The SMILES string of the molecule is CC1(C)[C@H]2CC[C@H](C2)[C@]12CCCC2=O. The third-order valence-corrected chi connectivity index (χ3v) is 5.77. The summed E-state index contributed by atoms with van der Waals surface area (Å²) in [5.74, 6) is 2.20. The fraction of sp³-hybridized carbons (Fsp3) is 0.923. The normalized spacial score (nSPS) is 49.4. The molecule has 0 amide bonds. The van der Waals surface area contributed by atoms with Crippen LogP contribution in [0.25, 0.3) is 0 Å². The lowest BCUT2D eigenvalue weighted by Gasteiger charge is -2.46. The maximum Gasteiger partial charge on any atom is 0.139 e. The number of carbonyl (C=O) groups excluding carboxylic acids is 1. The number of carbonyl (C=O) groups is 1. The molecule has 3 rings (SSSR count). The monoisotopic (exact) mass is 192 g/mol. The Hall–Kier alpha value is -0.330. The molecule has 0 aromatic heterocycles. The van der Waals surface area contributed by atoms with Crippen LogP contribution in [0.15, 0.2) is 0 Å². The summed E-state index contributed by atoms with van der Waals surface area (Å²) in [6, 6.07) is 0. The van der Waals surface area contributed by atoms with E-state index in [-0.39, 0.29) is 5.41 Å². The van der Waals surface area contributed by atoms with Crippen molar-refractivity contribution >= 4 is 5.78 Å². The lowest BCUT2D eigenvalue weighted by molar-refractivity contribution is -0.136. The molecule has 0 heterocycles. The molecule has 0 aliphatic heterocycles. The summed E-state index contributed by atoms with van der Waals surface area (Å²) in [5.41, 5.74) is 0.430. The van der Waals surface area contributed by atoms with Crippen LogP contribution < -0.4 is 0 Å². The van der Waals surface area contributed by atoms with Crippen molar-refractivity contribution in [3.63, 3.8) is 0 Å². The lowest BCUT2D eigenvalue weighted by atomic mass is 9.56. The summed E-state index contributed by atoms with van der Waals surface area (Å²) in [4.78, 5) is 12.2. The first-order chi connectivity index (χ1) is 6.59. The van der Waals surface area contributed by atoms with Gasteiger partial charge in [-0.1, -0.05) is 13.8 Å². The van der Waals surface area contributed by atoms with E-state index in [0.717, 1.165) is 24.7 Å². The summed E-state index contributed by atoms with van der Waals surface area (Å²) in [7, 11) is 0. The molecule has 3 atom stereocenters.